The van der Waals surface area contributed by atoms with E-state index in [9.17, 15) is 13.2 Å². The molecular weight excluding hydrogens is 468 g/mol. The Morgan fingerprint density at radius 2 is 1.84 bits per heavy atom. The van der Waals surface area contributed by atoms with Crippen LogP contribution < -0.4 is 9.62 Å². The maximum absolute atomic E-state index is 13.1. The maximum Gasteiger partial charge on any atom is 0.264 e. The molecule has 3 aromatic rings. The number of carbonyl (C=O) groups is 1. The number of thiazole rings is 1. The molecule has 32 heavy (non-hydrogen) atoms. The standard InChI is InChI=1S/C22H24N4O3S2.ClH/c1-3-26(17-7-5-4-6-8-17)31(28,29)18-11-9-16(10-12-18)21(27)24-22-23-19-13-14-25(2)15-20(19)30-22;/h4-12H,3,13-15H2,1-2H3,(H,23,24,27);1H. The van der Waals surface area contributed by atoms with Gasteiger partial charge >= 0.3 is 0 Å². The minimum Gasteiger partial charge on any atom is -0.301 e. The fraction of sp³-hybridized carbons (Fsp3) is 0.273. The number of aromatic nitrogens is 1. The minimum absolute atomic E-state index is 0. The Hall–Kier alpha value is -2.46. The number of likely N-dealkylation sites (N-methyl/N-ethyl adjacent to an activating group) is 1. The first-order chi connectivity index (χ1) is 14.9. The predicted octanol–water partition coefficient (Wildman–Crippen LogP) is 4.02. The number of halogens is 1. The average Bonchev–Trinajstić information content (AvgIpc) is 3.16. The number of sulfonamides is 1. The van der Waals surface area contributed by atoms with Gasteiger partial charge in [0.1, 0.15) is 0 Å². The lowest BCUT2D eigenvalue weighted by Crippen LogP contribution is -2.30. The molecule has 0 spiro atoms. The van der Waals surface area contributed by atoms with Crippen molar-refractivity contribution in [2.45, 2.75) is 24.8 Å². The highest BCUT2D eigenvalue weighted by Crippen LogP contribution is 2.28. The highest BCUT2D eigenvalue weighted by atomic mass is 35.5. The molecule has 170 valence electrons. The number of amides is 1. The molecule has 2 heterocycles. The lowest BCUT2D eigenvalue weighted by molar-refractivity contribution is 0.102. The Kier molecular flexibility index (Phi) is 7.55. The smallest absolute Gasteiger partial charge is 0.264 e. The van der Waals surface area contributed by atoms with Crippen LogP contribution >= 0.6 is 23.7 Å². The second kappa shape index (κ2) is 9.99. The lowest BCUT2D eigenvalue weighted by atomic mass is 10.2. The average molecular weight is 493 g/mol. The summed E-state index contributed by atoms with van der Waals surface area (Å²) in [5, 5.41) is 3.41. The fourth-order valence-electron chi connectivity index (χ4n) is 3.54. The molecule has 0 unspecified atom stereocenters. The highest BCUT2D eigenvalue weighted by Gasteiger charge is 2.24. The number of hydrogen-bond donors (Lipinski definition) is 1. The van der Waals surface area contributed by atoms with E-state index < -0.39 is 10.0 Å². The van der Waals surface area contributed by atoms with E-state index >= 15 is 0 Å². The van der Waals surface area contributed by atoms with Gasteiger partial charge in [0, 0.05) is 36.5 Å². The van der Waals surface area contributed by atoms with Crippen molar-refractivity contribution >= 4 is 50.5 Å². The molecule has 1 aliphatic heterocycles. The Bertz CT molecular complexity index is 1180. The third-order valence-corrected chi connectivity index (χ3v) is 8.09. The van der Waals surface area contributed by atoms with Crippen LogP contribution in [0.4, 0.5) is 10.8 Å². The van der Waals surface area contributed by atoms with Gasteiger partial charge in [0.05, 0.1) is 16.3 Å². The molecule has 1 amide bonds. The molecule has 2 aromatic carbocycles. The summed E-state index contributed by atoms with van der Waals surface area (Å²) >= 11 is 1.49. The van der Waals surface area contributed by atoms with Crippen LogP contribution in [0.5, 0.6) is 0 Å². The number of rotatable bonds is 6. The molecule has 0 bridgehead atoms. The van der Waals surface area contributed by atoms with E-state index in [4.69, 9.17) is 0 Å². The molecule has 0 radical (unpaired) electrons. The van der Waals surface area contributed by atoms with Crippen LogP contribution in [0.3, 0.4) is 0 Å². The summed E-state index contributed by atoms with van der Waals surface area (Å²) in [5.41, 5.74) is 2.03. The van der Waals surface area contributed by atoms with Crippen molar-refractivity contribution in [2.24, 2.45) is 0 Å². The molecule has 4 rings (SSSR count). The van der Waals surface area contributed by atoms with E-state index in [0.29, 0.717) is 22.9 Å². The van der Waals surface area contributed by atoms with Crippen LogP contribution in [-0.4, -0.2) is 44.3 Å². The molecule has 0 fully saturated rings. The third kappa shape index (κ3) is 4.96. The number of anilines is 2. The number of para-hydroxylation sites is 1. The summed E-state index contributed by atoms with van der Waals surface area (Å²) in [7, 11) is -1.66. The zero-order valence-electron chi connectivity index (χ0n) is 17.8. The highest BCUT2D eigenvalue weighted by molar-refractivity contribution is 7.92. The first-order valence-corrected chi connectivity index (χ1v) is 12.3. The number of nitrogens with one attached hydrogen (secondary N) is 1. The second-order valence-corrected chi connectivity index (χ2v) is 10.3. The number of benzene rings is 2. The summed E-state index contributed by atoms with van der Waals surface area (Å²) in [6.45, 7) is 3.89. The third-order valence-electron chi connectivity index (χ3n) is 5.18. The van der Waals surface area contributed by atoms with E-state index in [1.54, 1.807) is 31.2 Å². The molecule has 0 aliphatic carbocycles. The van der Waals surface area contributed by atoms with Gasteiger partial charge < -0.3 is 4.90 Å². The molecular formula is C22H25ClN4O3S2. The Morgan fingerprint density at radius 1 is 1.16 bits per heavy atom. The number of nitrogens with zero attached hydrogens (tertiary/aromatic N) is 3. The van der Waals surface area contributed by atoms with Gasteiger partial charge in [-0.25, -0.2) is 13.4 Å². The minimum atomic E-state index is -3.73. The van der Waals surface area contributed by atoms with Crippen LogP contribution in [0.2, 0.25) is 0 Å². The van der Waals surface area contributed by atoms with E-state index in [1.165, 1.54) is 44.8 Å². The number of hydrogen-bond acceptors (Lipinski definition) is 6. The van der Waals surface area contributed by atoms with Gasteiger partial charge in [-0.05, 0) is 50.4 Å². The van der Waals surface area contributed by atoms with Gasteiger partial charge in [0.15, 0.2) is 5.13 Å². The van der Waals surface area contributed by atoms with E-state index in [-0.39, 0.29) is 23.2 Å². The molecule has 1 aromatic heterocycles. The van der Waals surface area contributed by atoms with Gasteiger partial charge in [0.25, 0.3) is 15.9 Å². The zero-order valence-corrected chi connectivity index (χ0v) is 20.3. The fourth-order valence-corrected chi connectivity index (χ4v) is 6.09. The summed E-state index contributed by atoms with van der Waals surface area (Å²) in [5.74, 6) is -0.307. The lowest BCUT2D eigenvalue weighted by Gasteiger charge is -2.22. The zero-order chi connectivity index (χ0) is 22.0. The quantitative estimate of drug-likeness (QED) is 0.562. The van der Waals surface area contributed by atoms with Crippen molar-refractivity contribution in [3.63, 3.8) is 0 Å². The van der Waals surface area contributed by atoms with Crippen molar-refractivity contribution in [1.82, 2.24) is 9.88 Å². The molecule has 0 atom stereocenters. The summed E-state index contributed by atoms with van der Waals surface area (Å²) < 4.78 is 27.5. The van der Waals surface area contributed by atoms with Gasteiger partial charge in [0.2, 0.25) is 0 Å². The monoisotopic (exact) mass is 492 g/mol. The van der Waals surface area contributed by atoms with Crippen molar-refractivity contribution in [2.75, 3.05) is 29.8 Å². The van der Waals surface area contributed by atoms with Gasteiger partial charge in [-0.3, -0.25) is 14.4 Å². The Balaban J connectivity index is 0.00000289. The van der Waals surface area contributed by atoms with Crippen molar-refractivity contribution in [3.05, 3.63) is 70.7 Å². The Morgan fingerprint density at radius 3 is 2.50 bits per heavy atom. The Labute approximate surface area is 198 Å². The van der Waals surface area contributed by atoms with Crippen molar-refractivity contribution in [1.29, 1.82) is 0 Å². The molecule has 0 saturated carbocycles. The van der Waals surface area contributed by atoms with Crippen LogP contribution in [0.15, 0.2) is 59.5 Å². The first kappa shape index (κ1) is 24.2. The molecule has 10 heteroatoms. The largest absolute Gasteiger partial charge is 0.301 e. The van der Waals surface area contributed by atoms with Crippen LogP contribution in [0.25, 0.3) is 0 Å². The van der Waals surface area contributed by atoms with Crippen LogP contribution in [0, 0.1) is 0 Å². The number of fused-ring (bicyclic) bond motifs is 1. The normalized spacial score (nSPS) is 13.7. The van der Waals surface area contributed by atoms with Crippen molar-refractivity contribution in [3.8, 4) is 0 Å². The summed E-state index contributed by atoms with van der Waals surface area (Å²) in [4.78, 5) is 20.7. The molecule has 7 nitrogen and oxygen atoms in total. The molecule has 1 N–H and O–H groups in total. The van der Waals surface area contributed by atoms with E-state index in [0.717, 1.165) is 25.2 Å². The molecule has 1 aliphatic rings. The summed E-state index contributed by atoms with van der Waals surface area (Å²) in [6, 6.07) is 15.0. The second-order valence-electron chi connectivity index (χ2n) is 7.36. The van der Waals surface area contributed by atoms with Gasteiger partial charge in [-0.2, -0.15) is 0 Å². The van der Waals surface area contributed by atoms with E-state index in [2.05, 4.69) is 22.2 Å². The number of carbonyl (C=O) groups excluding carboxylic acids is 1. The van der Waals surface area contributed by atoms with Gasteiger partial charge in [-0.15, -0.1) is 23.7 Å². The van der Waals surface area contributed by atoms with Crippen LogP contribution in [-0.2, 0) is 23.0 Å². The van der Waals surface area contributed by atoms with Crippen LogP contribution in [0.1, 0.15) is 27.9 Å². The van der Waals surface area contributed by atoms with Gasteiger partial charge in [-0.1, -0.05) is 18.2 Å². The molecule has 0 saturated heterocycles. The topological polar surface area (TPSA) is 82.6 Å². The maximum atomic E-state index is 13.1. The SMILES string of the molecule is CCN(c1ccccc1)S(=O)(=O)c1ccc(C(=O)Nc2nc3c(s2)CN(C)CC3)cc1.Cl. The van der Waals surface area contributed by atoms with Crippen molar-refractivity contribution < 1.29 is 13.2 Å². The van der Waals surface area contributed by atoms with E-state index in [1.807, 2.05) is 6.07 Å². The predicted molar refractivity (Wildman–Crippen MR) is 130 cm³/mol. The summed E-state index contributed by atoms with van der Waals surface area (Å²) in [6.07, 6.45) is 0.875. The first-order valence-electron chi connectivity index (χ1n) is 10.0.